The summed E-state index contributed by atoms with van der Waals surface area (Å²) < 4.78 is 4.94. The molecular weight excluding hydrogens is 192 g/mol. The number of amides is 1. The summed E-state index contributed by atoms with van der Waals surface area (Å²) in [7, 11) is 3.63. The van der Waals surface area contributed by atoms with Gasteiger partial charge in [-0.1, -0.05) is 0 Å². The molecule has 1 heterocycles. The molecule has 0 aromatic heterocycles. The minimum atomic E-state index is 0.270. The maximum absolute atomic E-state index is 11.8. The van der Waals surface area contributed by atoms with Crippen molar-refractivity contribution >= 4 is 5.91 Å². The molecule has 0 aromatic rings. The summed E-state index contributed by atoms with van der Waals surface area (Å²) in [6, 6.07) is 0.477. The summed E-state index contributed by atoms with van der Waals surface area (Å²) in [5.74, 6) is 0.270. The van der Waals surface area contributed by atoms with Crippen molar-refractivity contribution < 1.29 is 9.53 Å². The van der Waals surface area contributed by atoms with Crippen LogP contribution >= 0.6 is 0 Å². The third-order valence-electron chi connectivity index (χ3n) is 2.92. The van der Waals surface area contributed by atoms with E-state index >= 15 is 0 Å². The molecule has 88 valence electrons. The quantitative estimate of drug-likeness (QED) is 0.682. The monoisotopic (exact) mass is 214 g/mol. The second-order valence-electron chi connectivity index (χ2n) is 4.06. The summed E-state index contributed by atoms with van der Waals surface area (Å²) in [5, 5.41) is 3.24. The van der Waals surface area contributed by atoms with Gasteiger partial charge in [0, 0.05) is 39.3 Å². The maximum Gasteiger partial charge on any atom is 0.222 e. The van der Waals surface area contributed by atoms with Crippen LogP contribution in [0.5, 0.6) is 0 Å². The Morgan fingerprint density at radius 1 is 1.60 bits per heavy atom. The summed E-state index contributed by atoms with van der Waals surface area (Å²) >= 11 is 0. The van der Waals surface area contributed by atoms with E-state index in [0.29, 0.717) is 19.1 Å². The number of ether oxygens (including phenoxy) is 1. The number of likely N-dealkylation sites (tertiary alicyclic amines) is 1. The summed E-state index contributed by atoms with van der Waals surface area (Å²) in [6.45, 7) is 2.46. The fourth-order valence-electron chi connectivity index (χ4n) is 1.97. The van der Waals surface area contributed by atoms with Crippen molar-refractivity contribution in [3.8, 4) is 0 Å². The van der Waals surface area contributed by atoms with Gasteiger partial charge in [0.05, 0.1) is 0 Å². The fourth-order valence-corrected chi connectivity index (χ4v) is 1.97. The first-order valence-corrected chi connectivity index (χ1v) is 5.72. The molecule has 1 rings (SSSR count). The topological polar surface area (TPSA) is 41.6 Å². The molecule has 1 aliphatic rings. The average Bonchev–Trinajstić information content (AvgIpc) is 2.29. The van der Waals surface area contributed by atoms with Crippen molar-refractivity contribution in [1.82, 2.24) is 10.2 Å². The van der Waals surface area contributed by atoms with Gasteiger partial charge in [0.1, 0.15) is 0 Å². The van der Waals surface area contributed by atoms with Gasteiger partial charge in [-0.25, -0.2) is 0 Å². The molecule has 0 aromatic carbocycles. The molecule has 4 heteroatoms. The van der Waals surface area contributed by atoms with E-state index in [9.17, 15) is 4.79 Å². The number of methoxy groups -OCH3 is 1. The summed E-state index contributed by atoms with van der Waals surface area (Å²) in [6.07, 6.45) is 3.74. The van der Waals surface area contributed by atoms with Crippen LogP contribution in [0.1, 0.15) is 25.7 Å². The zero-order valence-electron chi connectivity index (χ0n) is 9.79. The lowest BCUT2D eigenvalue weighted by molar-refractivity contribution is -0.132. The van der Waals surface area contributed by atoms with E-state index in [1.54, 1.807) is 7.11 Å². The van der Waals surface area contributed by atoms with Crippen LogP contribution in [-0.2, 0) is 9.53 Å². The Hall–Kier alpha value is -0.610. The second-order valence-corrected chi connectivity index (χ2v) is 4.06. The van der Waals surface area contributed by atoms with Crippen LogP contribution in [0.15, 0.2) is 0 Å². The van der Waals surface area contributed by atoms with E-state index in [2.05, 4.69) is 5.32 Å². The van der Waals surface area contributed by atoms with Gasteiger partial charge in [-0.05, 0) is 26.3 Å². The lowest BCUT2D eigenvalue weighted by Crippen LogP contribution is -2.46. The highest BCUT2D eigenvalue weighted by molar-refractivity contribution is 5.76. The van der Waals surface area contributed by atoms with Crippen LogP contribution in [0.25, 0.3) is 0 Å². The molecule has 0 aliphatic carbocycles. The molecule has 0 radical (unpaired) electrons. The standard InChI is InChI=1S/C11H22N2O2/c1-12-10-5-3-7-13(9-10)11(14)6-4-8-15-2/h10,12H,3-9H2,1-2H3. The molecule has 1 N–H and O–H groups in total. The van der Waals surface area contributed by atoms with Crippen LogP contribution < -0.4 is 5.32 Å². The molecule has 0 saturated carbocycles. The predicted octanol–water partition coefficient (Wildman–Crippen LogP) is 0.623. The van der Waals surface area contributed by atoms with Gasteiger partial charge in [0.15, 0.2) is 0 Å². The van der Waals surface area contributed by atoms with Crippen LogP contribution in [0, 0.1) is 0 Å². The van der Waals surface area contributed by atoms with Crippen molar-refractivity contribution in [3.05, 3.63) is 0 Å². The van der Waals surface area contributed by atoms with Crippen molar-refractivity contribution in [3.63, 3.8) is 0 Å². The molecule has 4 nitrogen and oxygen atoms in total. The number of nitrogens with zero attached hydrogens (tertiary/aromatic N) is 1. The number of nitrogens with one attached hydrogen (secondary N) is 1. The van der Waals surface area contributed by atoms with Gasteiger partial charge < -0.3 is 15.0 Å². The molecule has 1 saturated heterocycles. The first-order valence-electron chi connectivity index (χ1n) is 5.72. The fraction of sp³-hybridized carbons (Fsp3) is 0.909. The maximum atomic E-state index is 11.8. The number of hydrogen-bond donors (Lipinski definition) is 1. The van der Waals surface area contributed by atoms with Gasteiger partial charge in [0.2, 0.25) is 5.91 Å². The van der Waals surface area contributed by atoms with Crippen molar-refractivity contribution in [2.24, 2.45) is 0 Å². The average molecular weight is 214 g/mol. The second kappa shape index (κ2) is 6.80. The Kier molecular flexibility index (Phi) is 5.65. The predicted molar refractivity (Wildman–Crippen MR) is 59.8 cm³/mol. The SMILES string of the molecule is CNC1CCCN(C(=O)CCCOC)C1. The molecule has 1 aliphatic heterocycles. The normalized spacial score (nSPS) is 21.7. The molecule has 0 bridgehead atoms. The van der Waals surface area contributed by atoms with Gasteiger partial charge in [0.25, 0.3) is 0 Å². The van der Waals surface area contributed by atoms with Crippen LogP contribution in [0.2, 0.25) is 0 Å². The smallest absolute Gasteiger partial charge is 0.222 e. The van der Waals surface area contributed by atoms with Crippen LogP contribution in [0.3, 0.4) is 0 Å². The number of likely N-dealkylation sites (N-methyl/N-ethyl adjacent to an activating group) is 1. The van der Waals surface area contributed by atoms with E-state index in [-0.39, 0.29) is 5.91 Å². The minimum absolute atomic E-state index is 0.270. The zero-order chi connectivity index (χ0) is 11.1. The van der Waals surface area contributed by atoms with E-state index in [0.717, 1.165) is 25.9 Å². The molecule has 1 amide bonds. The largest absolute Gasteiger partial charge is 0.385 e. The van der Waals surface area contributed by atoms with E-state index in [4.69, 9.17) is 4.74 Å². The van der Waals surface area contributed by atoms with E-state index in [1.807, 2.05) is 11.9 Å². The highest BCUT2D eigenvalue weighted by atomic mass is 16.5. The Morgan fingerprint density at radius 2 is 2.40 bits per heavy atom. The zero-order valence-corrected chi connectivity index (χ0v) is 9.79. The Labute approximate surface area is 92.0 Å². The number of rotatable bonds is 5. The molecule has 1 atom stereocenters. The third-order valence-corrected chi connectivity index (χ3v) is 2.92. The van der Waals surface area contributed by atoms with Crippen LogP contribution in [0.4, 0.5) is 0 Å². The lowest BCUT2D eigenvalue weighted by atomic mass is 10.1. The van der Waals surface area contributed by atoms with E-state index in [1.165, 1.54) is 6.42 Å². The summed E-state index contributed by atoms with van der Waals surface area (Å²) in [5.41, 5.74) is 0. The highest BCUT2D eigenvalue weighted by Gasteiger charge is 2.21. The first-order chi connectivity index (χ1) is 7.27. The minimum Gasteiger partial charge on any atom is -0.385 e. The number of hydrogen-bond acceptors (Lipinski definition) is 3. The molecule has 0 spiro atoms. The number of carbonyl (C=O) groups is 1. The van der Waals surface area contributed by atoms with Crippen molar-refractivity contribution in [1.29, 1.82) is 0 Å². The third kappa shape index (κ3) is 4.18. The lowest BCUT2D eigenvalue weighted by Gasteiger charge is -2.32. The van der Waals surface area contributed by atoms with Gasteiger partial charge >= 0.3 is 0 Å². The highest BCUT2D eigenvalue weighted by Crippen LogP contribution is 2.11. The Bertz CT molecular complexity index is 197. The Balaban J connectivity index is 2.25. The molecule has 15 heavy (non-hydrogen) atoms. The van der Waals surface area contributed by atoms with Crippen molar-refractivity contribution in [2.45, 2.75) is 31.7 Å². The number of carbonyl (C=O) groups excluding carboxylic acids is 1. The first kappa shape index (κ1) is 12.5. The van der Waals surface area contributed by atoms with Gasteiger partial charge in [-0.15, -0.1) is 0 Å². The molecule has 1 unspecified atom stereocenters. The number of piperidine rings is 1. The summed E-state index contributed by atoms with van der Waals surface area (Å²) in [4.78, 5) is 13.7. The van der Waals surface area contributed by atoms with Gasteiger partial charge in [-0.3, -0.25) is 4.79 Å². The van der Waals surface area contributed by atoms with E-state index < -0.39 is 0 Å². The van der Waals surface area contributed by atoms with Gasteiger partial charge in [-0.2, -0.15) is 0 Å². The van der Waals surface area contributed by atoms with Crippen LogP contribution in [-0.4, -0.2) is 50.7 Å². The van der Waals surface area contributed by atoms with Crippen molar-refractivity contribution in [2.75, 3.05) is 33.9 Å². The molecule has 1 fully saturated rings. The molecular formula is C11H22N2O2. The Morgan fingerprint density at radius 3 is 3.07 bits per heavy atom.